The van der Waals surface area contributed by atoms with Crippen molar-refractivity contribution in [2.45, 2.75) is 64.0 Å². The minimum absolute atomic E-state index is 0.0694. The van der Waals surface area contributed by atoms with Crippen molar-refractivity contribution < 1.29 is 13.6 Å². The summed E-state index contributed by atoms with van der Waals surface area (Å²) in [5.74, 6) is 0.999. The van der Waals surface area contributed by atoms with Gasteiger partial charge in [-0.25, -0.2) is 13.5 Å². The number of halogens is 2. The summed E-state index contributed by atoms with van der Waals surface area (Å²) >= 11 is 0. The zero-order valence-corrected chi connectivity index (χ0v) is 17.3. The lowest BCUT2D eigenvalue weighted by molar-refractivity contribution is -0.133. The van der Waals surface area contributed by atoms with E-state index in [2.05, 4.69) is 15.4 Å². The fraction of sp³-hybridized carbons (Fsp3) is 0.591. The highest BCUT2D eigenvalue weighted by atomic mass is 19.3. The number of amides is 1. The van der Waals surface area contributed by atoms with E-state index in [1.807, 2.05) is 30.0 Å². The summed E-state index contributed by atoms with van der Waals surface area (Å²) in [6, 6.07) is 4.79. The number of piperidine rings is 1. The highest BCUT2D eigenvalue weighted by Crippen LogP contribution is 2.36. The lowest BCUT2D eigenvalue weighted by atomic mass is 9.86. The predicted molar refractivity (Wildman–Crippen MR) is 111 cm³/mol. The maximum Gasteiger partial charge on any atom is 0.260 e. The van der Waals surface area contributed by atoms with Crippen LogP contribution in [0.2, 0.25) is 0 Å². The average molecular weight is 418 g/mol. The van der Waals surface area contributed by atoms with Crippen molar-refractivity contribution in [1.82, 2.24) is 19.7 Å². The van der Waals surface area contributed by atoms with Crippen LogP contribution in [0.4, 0.5) is 14.6 Å². The minimum atomic E-state index is -2.46. The van der Waals surface area contributed by atoms with Crippen molar-refractivity contribution >= 4 is 11.7 Å². The zero-order valence-electron chi connectivity index (χ0n) is 17.3. The molecule has 30 heavy (non-hydrogen) atoms. The molecule has 8 heteroatoms. The van der Waals surface area contributed by atoms with E-state index in [4.69, 9.17) is 0 Å². The minimum Gasteiger partial charge on any atom is -0.367 e. The van der Waals surface area contributed by atoms with Crippen LogP contribution in [-0.4, -0.2) is 51.1 Å². The Morgan fingerprint density at radius 2 is 2.13 bits per heavy atom. The van der Waals surface area contributed by atoms with Crippen molar-refractivity contribution in [2.75, 3.05) is 18.4 Å². The predicted octanol–water partition coefficient (Wildman–Crippen LogP) is 3.84. The van der Waals surface area contributed by atoms with Gasteiger partial charge in [-0.3, -0.25) is 9.78 Å². The largest absolute Gasteiger partial charge is 0.367 e. The molecule has 3 atom stereocenters. The summed E-state index contributed by atoms with van der Waals surface area (Å²) in [6.45, 7) is 3.21. The van der Waals surface area contributed by atoms with Crippen LogP contribution in [0, 0.1) is 12.8 Å². The number of anilines is 1. The summed E-state index contributed by atoms with van der Waals surface area (Å²) in [5.41, 5.74) is 1.92. The van der Waals surface area contributed by atoms with Gasteiger partial charge < -0.3 is 10.2 Å². The summed E-state index contributed by atoms with van der Waals surface area (Å²) in [4.78, 5) is 18.7. The highest BCUT2D eigenvalue weighted by molar-refractivity contribution is 5.76. The summed E-state index contributed by atoms with van der Waals surface area (Å²) in [6.07, 6.45) is 5.44. The lowest BCUT2D eigenvalue weighted by Crippen LogP contribution is -2.48. The van der Waals surface area contributed by atoms with E-state index in [0.29, 0.717) is 25.2 Å². The van der Waals surface area contributed by atoms with E-state index >= 15 is 0 Å². The van der Waals surface area contributed by atoms with E-state index in [-0.39, 0.29) is 17.9 Å². The van der Waals surface area contributed by atoms with Crippen molar-refractivity contribution in [1.29, 1.82) is 0 Å². The number of hydrogen-bond donors (Lipinski definition) is 1. The third-order valence-corrected chi connectivity index (χ3v) is 6.28. The molecule has 1 N–H and O–H groups in total. The fourth-order valence-electron chi connectivity index (χ4n) is 4.72. The smallest absolute Gasteiger partial charge is 0.260 e. The molecule has 2 aliphatic heterocycles. The number of rotatable bonds is 6. The van der Waals surface area contributed by atoms with Gasteiger partial charge in [0.1, 0.15) is 11.9 Å². The fourth-order valence-corrected chi connectivity index (χ4v) is 4.72. The van der Waals surface area contributed by atoms with Gasteiger partial charge in [-0.05, 0) is 62.6 Å². The molecule has 2 aliphatic rings. The average Bonchev–Trinajstić information content (AvgIpc) is 3.13. The van der Waals surface area contributed by atoms with E-state index in [0.717, 1.165) is 37.9 Å². The summed E-state index contributed by atoms with van der Waals surface area (Å²) in [5, 5.41) is 7.66. The quantitative estimate of drug-likeness (QED) is 0.776. The molecule has 162 valence electrons. The van der Waals surface area contributed by atoms with Crippen LogP contribution in [0.5, 0.6) is 0 Å². The molecule has 1 amide bonds. The summed E-state index contributed by atoms with van der Waals surface area (Å²) in [7, 11) is 0. The molecular formula is C22H29F2N5O. The first-order valence-corrected chi connectivity index (χ1v) is 10.8. The lowest BCUT2D eigenvalue weighted by Gasteiger charge is -2.41. The Labute approximate surface area is 175 Å². The van der Waals surface area contributed by atoms with Crippen LogP contribution >= 0.6 is 0 Å². The summed E-state index contributed by atoms with van der Waals surface area (Å²) < 4.78 is 28.8. The number of carbonyl (C=O) groups excluding carboxylic acids is 1. The maximum atomic E-state index is 13.7. The molecule has 0 spiro atoms. The Morgan fingerprint density at radius 3 is 2.90 bits per heavy atom. The SMILES string of the molecule is Cc1cc2n(n1)[C@@H](C(F)F)C[C@@H]([C@@H]1CCCN(C(=O)CCCc3ccncc3)C1)N2. The van der Waals surface area contributed by atoms with Crippen LogP contribution < -0.4 is 5.32 Å². The number of aromatic nitrogens is 3. The number of pyridine rings is 1. The molecular weight excluding hydrogens is 388 g/mol. The van der Waals surface area contributed by atoms with Crippen molar-refractivity contribution in [3.63, 3.8) is 0 Å². The van der Waals surface area contributed by atoms with E-state index in [1.165, 1.54) is 10.2 Å². The first-order chi connectivity index (χ1) is 14.5. The van der Waals surface area contributed by atoms with Crippen LogP contribution in [0.15, 0.2) is 30.6 Å². The maximum absolute atomic E-state index is 13.7. The number of hydrogen-bond acceptors (Lipinski definition) is 4. The molecule has 0 unspecified atom stereocenters. The normalized spacial score (nSPS) is 23.9. The zero-order chi connectivity index (χ0) is 21.1. The highest BCUT2D eigenvalue weighted by Gasteiger charge is 2.38. The molecule has 6 nitrogen and oxygen atoms in total. The second-order valence-electron chi connectivity index (χ2n) is 8.45. The molecule has 0 aliphatic carbocycles. The Bertz CT molecular complexity index is 856. The van der Waals surface area contributed by atoms with Gasteiger partial charge >= 0.3 is 0 Å². The van der Waals surface area contributed by atoms with Crippen molar-refractivity contribution in [3.8, 4) is 0 Å². The Morgan fingerprint density at radius 1 is 1.33 bits per heavy atom. The first-order valence-electron chi connectivity index (χ1n) is 10.8. The number of fused-ring (bicyclic) bond motifs is 1. The Balaban J connectivity index is 1.35. The number of nitrogens with zero attached hydrogens (tertiary/aromatic N) is 4. The monoisotopic (exact) mass is 417 g/mol. The molecule has 2 aromatic heterocycles. The number of likely N-dealkylation sites (tertiary alicyclic amines) is 1. The number of aryl methyl sites for hydroxylation is 2. The number of nitrogens with one attached hydrogen (secondary N) is 1. The second kappa shape index (κ2) is 9.10. The molecule has 0 bridgehead atoms. The third-order valence-electron chi connectivity index (χ3n) is 6.28. The van der Waals surface area contributed by atoms with E-state index in [1.54, 1.807) is 12.4 Å². The molecule has 0 saturated carbocycles. The van der Waals surface area contributed by atoms with E-state index < -0.39 is 12.5 Å². The van der Waals surface area contributed by atoms with Gasteiger partial charge in [-0.15, -0.1) is 0 Å². The number of alkyl halides is 2. The van der Waals surface area contributed by atoms with Gasteiger partial charge in [0.15, 0.2) is 0 Å². The molecule has 1 fully saturated rings. The first kappa shape index (κ1) is 20.8. The van der Waals surface area contributed by atoms with Crippen LogP contribution in [-0.2, 0) is 11.2 Å². The van der Waals surface area contributed by atoms with Crippen LogP contribution in [0.25, 0.3) is 0 Å². The third kappa shape index (κ3) is 4.63. The second-order valence-corrected chi connectivity index (χ2v) is 8.45. The van der Waals surface area contributed by atoms with Crippen molar-refractivity contribution in [3.05, 3.63) is 41.9 Å². The Hall–Kier alpha value is -2.51. The van der Waals surface area contributed by atoms with Gasteiger partial charge in [0.2, 0.25) is 5.91 Å². The molecule has 4 rings (SSSR count). The van der Waals surface area contributed by atoms with Gasteiger partial charge in [0, 0.05) is 44.0 Å². The topological polar surface area (TPSA) is 63.1 Å². The van der Waals surface area contributed by atoms with Crippen molar-refractivity contribution in [2.24, 2.45) is 5.92 Å². The molecule has 1 saturated heterocycles. The van der Waals surface area contributed by atoms with Gasteiger partial charge in [0.25, 0.3) is 6.43 Å². The molecule has 2 aromatic rings. The van der Waals surface area contributed by atoms with Crippen LogP contribution in [0.1, 0.15) is 49.4 Å². The van der Waals surface area contributed by atoms with Gasteiger partial charge in [-0.1, -0.05) is 0 Å². The van der Waals surface area contributed by atoms with Gasteiger partial charge in [-0.2, -0.15) is 5.10 Å². The molecule has 0 radical (unpaired) electrons. The Kier molecular flexibility index (Phi) is 6.29. The van der Waals surface area contributed by atoms with Crippen LogP contribution in [0.3, 0.4) is 0 Å². The van der Waals surface area contributed by atoms with E-state index in [9.17, 15) is 13.6 Å². The standard InChI is InChI=1S/C22H29F2N5O/c1-15-12-20-26-18(13-19(22(23)24)29(20)27-15)17-5-3-11-28(14-17)21(30)6-2-4-16-7-9-25-10-8-16/h7-10,12,17-19,22,26H,2-6,11,13-14H2,1H3/t17-,18+,19-/m1/s1. The van der Waals surface area contributed by atoms with Gasteiger partial charge in [0.05, 0.1) is 5.69 Å². The number of carbonyl (C=O) groups is 1. The molecule has 0 aromatic carbocycles. The molecule has 4 heterocycles.